The van der Waals surface area contributed by atoms with E-state index in [-0.39, 0.29) is 58.7 Å². The van der Waals surface area contributed by atoms with Crippen molar-refractivity contribution in [1.29, 1.82) is 0 Å². The fourth-order valence-electron chi connectivity index (χ4n) is 4.34. The van der Waals surface area contributed by atoms with Gasteiger partial charge in [0.25, 0.3) is 0 Å². The standard InChI is InChI=1S/2C9H14O.2C8H12O.3K.H/c2*1-6(2)8-4-7(3)9(10)5-8;2*1-6(2)7-3-4-8(9)5-7;;;;/h5-6,10H,4H2,1-3H3;5-7H,4H2,1-3H3;3,6H,4-5H2,1-2H3;3-4,6,9H,5H2,1-2H3;;;;/q;;;;;;+1;-1. The fraction of sp³-hybridized carbons (Fsp3) is 0.588. The van der Waals surface area contributed by atoms with E-state index in [1.807, 2.05) is 32.1 Å². The number of aliphatic hydroxyl groups excluding tert-OH is 2. The van der Waals surface area contributed by atoms with Crippen LogP contribution in [0.4, 0.5) is 0 Å². The average Bonchev–Trinajstić information content (AvgIpc) is 3.66. The molecule has 4 aliphatic rings. The second-order valence-corrected chi connectivity index (χ2v) is 12.2. The molecular weight excluding hydrogens is 590 g/mol. The van der Waals surface area contributed by atoms with E-state index in [0.717, 1.165) is 24.8 Å². The summed E-state index contributed by atoms with van der Waals surface area (Å²) in [4.78, 5) is 21.7. The van der Waals surface area contributed by atoms with E-state index in [0.29, 0.717) is 59.6 Å². The zero-order valence-electron chi connectivity index (χ0n) is 29.5. The summed E-state index contributed by atoms with van der Waals surface area (Å²) in [5, 5.41) is 18.2. The topological polar surface area (TPSA) is 74.6 Å². The third kappa shape index (κ3) is 18.9. The van der Waals surface area contributed by atoms with E-state index in [9.17, 15) is 14.7 Å². The summed E-state index contributed by atoms with van der Waals surface area (Å²) in [5.74, 6) is 4.16. The molecule has 1 unspecified atom stereocenters. The van der Waals surface area contributed by atoms with Crippen molar-refractivity contribution in [3.63, 3.8) is 0 Å². The number of hydrogen-bond donors (Lipinski definition) is 2. The minimum absolute atomic E-state index is 0. The van der Waals surface area contributed by atoms with Crippen LogP contribution in [-0.2, 0) is 9.59 Å². The molecule has 4 rings (SSSR count). The third-order valence-corrected chi connectivity index (χ3v) is 7.42. The van der Waals surface area contributed by atoms with Crippen molar-refractivity contribution < 1.29 is 72.6 Å². The molecule has 0 saturated heterocycles. The first kappa shape index (κ1) is 45.4. The third-order valence-electron chi connectivity index (χ3n) is 7.42. The Balaban J connectivity index is -0.000000466. The number of carbonyl (C=O) groups is 2. The van der Waals surface area contributed by atoms with Crippen molar-refractivity contribution in [1.82, 2.24) is 0 Å². The predicted molar refractivity (Wildman–Crippen MR) is 173 cm³/mol. The molecule has 0 fully saturated rings. The zero-order chi connectivity index (χ0) is 31.2. The summed E-state index contributed by atoms with van der Waals surface area (Å²) in [6.07, 6.45) is 13.6. The van der Waals surface area contributed by atoms with Crippen LogP contribution >= 0.6 is 0 Å². The van der Waals surface area contributed by atoms with Gasteiger partial charge in [-0.1, -0.05) is 96.8 Å². The number of hydrogen-bond acceptors (Lipinski definition) is 4. The fourth-order valence-corrected chi connectivity index (χ4v) is 4.34. The van der Waals surface area contributed by atoms with E-state index in [1.165, 1.54) is 85.4 Å². The molecule has 1 atom stereocenters. The predicted octanol–water partition coefficient (Wildman–Crippen LogP) is 5.68. The molecule has 4 nitrogen and oxygen atoms in total. The Morgan fingerprint density at radius 3 is 1.46 bits per heavy atom. The van der Waals surface area contributed by atoms with Gasteiger partial charge in [0.2, 0.25) is 0 Å². The Hall–Kier alpha value is 2.29. The number of Topliss-reactive ketones (excluding diaryl/α,β-unsaturated/α-hetero) is 1. The van der Waals surface area contributed by atoms with Crippen molar-refractivity contribution >= 4 is 74.7 Å². The minimum atomic E-state index is 0. The van der Waals surface area contributed by atoms with Gasteiger partial charge in [-0.25, -0.2) is 0 Å². The molecule has 0 heterocycles. The van der Waals surface area contributed by atoms with Gasteiger partial charge in [0, 0.05) is 25.2 Å². The first-order valence-corrected chi connectivity index (χ1v) is 31.2. The normalized spacial score (nSPS) is 19.2. The number of carbonyl (C=O) groups excluding carboxylic acids is 2. The van der Waals surface area contributed by atoms with Crippen molar-refractivity contribution in [2.24, 2.45) is 29.6 Å². The quantitative estimate of drug-likeness (QED) is 0.306. The van der Waals surface area contributed by atoms with Crippen LogP contribution in [0.2, 0.25) is 0 Å². The summed E-state index contributed by atoms with van der Waals surface area (Å²) in [7, 11) is 0. The molecule has 0 radical (unpaired) electrons. The Morgan fingerprint density at radius 1 is 0.756 bits per heavy atom. The molecule has 2 N–H and O–H groups in total. The number of rotatable bonds is 4. The summed E-state index contributed by atoms with van der Waals surface area (Å²) in [6.45, 7) is 21.1. The van der Waals surface area contributed by atoms with Gasteiger partial charge in [0.1, 0.15) is 11.5 Å². The van der Waals surface area contributed by atoms with Gasteiger partial charge < -0.3 is 11.6 Å². The molecule has 4 aliphatic carbocycles. The summed E-state index contributed by atoms with van der Waals surface area (Å²) < 4.78 is 0. The van der Waals surface area contributed by atoms with Crippen LogP contribution in [0.1, 0.15) is 103 Å². The Bertz CT molecular complexity index is 1050. The van der Waals surface area contributed by atoms with Crippen LogP contribution in [-0.4, -0.2) is 84.9 Å². The molecule has 0 saturated carbocycles. The van der Waals surface area contributed by atoms with Gasteiger partial charge in [-0.3, -0.25) is 9.59 Å². The Morgan fingerprint density at radius 2 is 1.27 bits per heavy atom. The maximum atomic E-state index is 11.0. The monoisotopic (exact) mass is 642 g/mol. The molecule has 0 aromatic heterocycles. The summed E-state index contributed by atoms with van der Waals surface area (Å²) in [5.41, 5.74) is 6.41. The first-order chi connectivity index (χ1) is 18.6. The van der Waals surface area contributed by atoms with E-state index in [2.05, 4.69) is 61.5 Å². The van der Waals surface area contributed by atoms with E-state index in [1.54, 1.807) is 6.08 Å². The van der Waals surface area contributed by atoms with Crippen molar-refractivity contribution in [3.05, 3.63) is 69.8 Å². The van der Waals surface area contributed by atoms with E-state index in [4.69, 9.17) is 5.11 Å². The van der Waals surface area contributed by atoms with E-state index >= 15 is 0 Å². The Labute approximate surface area is 340 Å². The van der Waals surface area contributed by atoms with Crippen LogP contribution in [0.15, 0.2) is 69.8 Å². The van der Waals surface area contributed by atoms with Gasteiger partial charge in [0.15, 0.2) is 5.78 Å². The molecule has 0 bridgehead atoms. The molecule has 0 aliphatic heterocycles. The summed E-state index contributed by atoms with van der Waals surface area (Å²) in [6, 6.07) is 0. The molecule has 0 amide bonds. The van der Waals surface area contributed by atoms with Gasteiger partial charge >= 0.3 is 115 Å². The van der Waals surface area contributed by atoms with Crippen molar-refractivity contribution in [2.75, 3.05) is 0 Å². The van der Waals surface area contributed by atoms with Gasteiger partial charge in [-0.05, 0) is 67.2 Å². The number of allylic oxidation sites excluding steroid dienone is 10. The van der Waals surface area contributed by atoms with E-state index < -0.39 is 0 Å². The van der Waals surface area contributed by atoms with Gasteiger partial charge in [-0.15, -0.1) is 0 Å². The van der Waals surface area contributed by atoms with Crippen LogP contribution in [0.3, 0.4) is 0 Å². The number of ketones is 2. The second kappa shape index (κ2) is 24.5. The first-order valence-electron chi connectivity index (χ1n) is 15.2. The van der Waals surface area contributed by atoms with Crippen LogP contribution in [0.5, 0.6) is 0 Å². The molecule has 216 valence electrons. The molecule has 41 heavy (non-hydrogen) atoms. The summed E-state index contributed by atoms with van der Waals surface area (Å²) >= 11 is 2.50. The SMILES string of the molecule is CC(C)C1=CC(=O)C(C)C1.CC(C)C1=CC=C(O)C1.CC(C)C1=CCC(=O)C1.CC1=C(O)C=C(C(C)C)C1.[H-].[K+].[K][K]. The molecule has 0 aromatic carbocycles. The number of aliphatic hydroxyl groups is 2. The molecule has 0 aromatic rings. The maximum absolute atomic E-state index is 11.0. The van der Waals surface area contributed by atoms with Crippen molar-refractivity contribution in [3.8, 4) is 0 Å². The Kier molecular flexibility index (Phi) is 27.1. The zero-order valence-corrected chi connectivity index (χ0v) is 37.9. The van der Waals surface area contributed by atoms with Crippen LogP contribution < -0.4 is 51.4 Å². The molecule has 0 spiro atoms. The van der Waals surface area contributed by atoms with Gasteiger partial charge in [0.05, 0.1) is 5.76 Å². The van der Waals surface area contributed by atoms with Crippen LogP contribution in [0, 0.1) is 29.6 Å². The molecular formula is C34H53K3O4. The van der Waals surface area contributed by atoms with Crippen molar-refractivity contribution in [2.45, 2.75) is 101 Å². The molecule has 7 heteroatoms. The van der Waals surface area contributed by atoms with Crippen LogP contribution in [0.25, 0.3) is 0 Å². The second-order valence-electron chi connectivity index (χ2n) is 12.2. The van der Waals surface area contributed by atoms with Gasteiger partial charge in [-0.2, -0.15) is 0 Å². The average molecular weight is 643 g/mol.